The number of fused-ring (bicyclic) bond motifs is 3. The number of allylic oxidation sites excluding steroid dienone is 3. The molecule has 0 N–H and O–H groups in total. The number of carbonyl (C=O) groups is 1. The summed E-state index contributed by atoms with van der Waals surface area (Å²) in [6.45, 7) is 15.3. The van der Waals surface area contributed by atoms with E-state index in [-0.39, 0.29) is 12.1 Å². The minimum atomic E-state index is -0.127. The van der Waals surface area contributed by atoms with Crippen molar-refractivity contribution in [1.29, 1.82) is 0 Å². The van der Waals surface area contributed by atoms with Crippen LogP contribution in [0.2, 0.25) is 0 Å². The third-order valence-electron chi connectivity index (χ3n) is 7.47. The Balaban J connectivity index is 2.00. The summed E-state index contributed by atoms with van der Waals surface area (Å²) in [5.74, 6) is 2.13. The summed E-state index contributed by atoms with van der Waals surface area (Å²) in [7, 11) is 0. The summed E-state index contributed by atoms with van der Waals surface area (Å²) >= 11 is 0. The van der Waals surface area contributed by atoms with E-state index in [4.69, 9.17) is 4.74 Å². The molecule has 2 saturated carbocycles. The van der Waals surface area contributed by atoms with Crippen molar-refractivity contribution in [2.24, 2.45) is 29.1 Å². The van der Waals surface area contributed by atoms with Gasteiger partial charge in [0, 0.05) is 6.92 Å². The average molecular weight is 331 g/mol. The van der Waals surface area contributed by atoms with Crippen molar-refractivity contribution >= 4 is 5.97 Å². The van der Waals surface area contributed by atoms with Crippen LogP contribution in [0.1, 0.15) is 73.1 Å². The molecule has 0 radical (unpaired) electrons. The molecule has 2 fully saturated rings. The van der Waals surface area contributed by atoms with Gasteiger partial charge in [-0.15, -0.1) is 0 Å². The molecule has 24 heavy (non-hydrogen) atoms. The van der Waals surface area contributed by atoms with E-state index in [1.165, 1.54) is 37.7 Å². The van der Waals surface area contributed by atoms with E-state index >= 15 is 0 Å². The zero-order chi connectivity index (χ0) is 17.6. The van der Waals surface area contributed by atoms with E-state index in [1.807, 2.05) is 0 Å². The lowest BCUT2D eigenvalue weighted by Crippen LogP contribution is -2.52. The molecule has 6 atom stereocenters. The molecule has 0 aliphatic heterocycles. The van der Waals surface area contributed by atoms with Gasteiger partial charge in [-0.2, -0.15) is 0 Å². The minimum Gasteiger partial charge on any atom is -0.462 e. The Morgan fingerprint density at radius 2 is 1.92 bits per heavy atom. The Bertz CT molecular complexity index is 573. The van der Waals surface area contributed by atoms with E-state index < -0.39 is 0 Å². The van der Waals surface area contributed by atoms with Crippen molar-refractivity contribution in [3.05, 3.63) is 23.3 Å². The van der Waals surface area contributed by atoms with Crippen molar-refractivity contribution in [1.82, 2.24) is 0 Å². The number of esters is 1. The summed E-state index contributed by atoms with van der Waals surface area (Å²) in [5.41, 5.74) is 5.07. The molecule has 0 unspecified atom stereocenters. The van der Waals surface area contributed by atoms with Crippen LogP contribution in [0.4, 0.5) is 0 Å². The molecule has 2 heteroatoms. The first-order valence-corrected chi connectivity index (χ1v) is 9.75. The highest BCUT2D eigenvalue weighted by atomic mass is 16.5. The molecular weight excluding hydrogens is 296 g/mol. The van der Waals surface area contributed by atoms with E-state index in [1.54, 1.807) is 18.1 Å². The standard InChI is InChI=1S/C22H34O2/c1-13(2)17-8-7-14(3)18-9-11-22(6)12-10-19(24-16(5)23)15(4)21(22)20(17)18/h15,17,19-21H,1,7-12H2,2-6H3/t15-,17-,19+,20-,21+,22-/m0/s1. The summed E-state index contributed by atoms with van der Waals surface area (Å²) in [6, 6.07) is 0. The maximum absolute atomic E-state index is 11.6. The third kappa shape index (κ3) is 2.86. The van der Waals surface area contributed by atoms with Gasteiger partial charge >= 0.3 is 5.97 Å². The fraction of sp³-hybridized carbons (Fsp3) is 0.773. The van der Waals surface area contributed by atoms with E-state index in [9.17, 15) is 4.79 Å². The topological polar surface area (TPSA) is 26.3 Å². The van der Waals surface area contributed by atoms with Crippen LogP contribution in [0, 0.1) is 29.1 Å². The van der Waals surface area contributed by atoms with Gasteiger partial charge in [0.15, 0.2) is 0 Å². The third-order valence-corrected chi connectivity index (χ3v) is 7.47. The highest BCUT2D eigenvalue weighted by Crippen LogP contribution is 2.61. The molecule has 0 amide bonds. The van der Waals surface area contributed by atoms with E-state index in [0.29, 0.717) is 29.1 Å². The smallest absolute Gasteiger partial charge is 0.302 e. The van der Waals surface area contributed by atoms with Gasteiger partial charge in [-0.3, -0.25) is 4.79 Å². The lowest BCUT2D eigenvalue weighted by molar-refractivity contribution is -0.160. The fourth-order valence-corrected chi connectivity index (χ4v) is 6.26. The molecular formula is C22H34O2. The first kappa shape index (κ1) is 17.8. The predicted molar refractivity (Wildman–Crippen MR) is 98.5 cm³/mol. The summed E-state index contributed by atoms with van der Waals surface area (Å²) in [6.07, 6.45) is 7.33. The predicted octanol–water partition coefficient (Wildman–Crippen LogP) is 5.68. The average Bonchev–Trinajstić information content (AvgIpc) is 2.49. The zero-order valence-electron chi connectivity index (χ0n) is 16.2. The molecule has 0 aromatic rings. The van der Waals surface area contributed by atoms with Crippen molar-refractivity contribution < 1.29 is 9.53 Å². The van der Waals surface area contributed by atoms with Crippen LogP contribution in [0.5, 0.6) is 0 Å². The van der Waals surface area contributed by atoms with Crippen LogP contribution < -0.4 is 0 Å². The van der Waals surface area contributed by atoms with E-state index in [2.05, 4.69) is 34.3 Å². The Hall–Kier alpha value is -1.05. The largest absolute Gasteiger partial charge is 0.462 e. The lowest BCUT2D eigenvalue weighted by atomic mass is 9.47. The van der Waals surface area contributed by atoms with Gasteiger partial charge in [-0.05, 0) is 81.5 Å². The van der Waals surface area contributed by atoms with Gasteiger partial charge in [0.2, 0.25) is 0 Å². The van der Waals surface area contributed by atoms with Crippen LogP contribution in [0.15, 0.2) is 23.3 Å². The summed E-state index contributed by atoms with van der Waals surface area (Å²) in [4.78, 5) is 11.6. The first-order chi connectivity index (χ1) is 11.2. The molecule has 0 saturated heterocycles. The number of rotatable bonds is 2. The van der Waals surface area contributed by atoms with Crippen LogP contribution in [0.3, 0.4) is 0 Å². The molecule has 0 bridgehead atoms. The molecule has 3 aliphatic rings. The maximum atomic E-state index is 11.6. The zero-order valence-corrected chi connectivity index (χ0v) is 16.2. The molecule has 0 heterocycles. The lowest BCUT2D eigenvalue weighted by Gasteiger charge is -2.58. The van der Waals surface area contributed by atoms with Crippen LogP contribution in [0.25, 0.3) is 0 Å². The molecule has 0 aromatic heterocycles. The second-order valence-corrected chi connectivity index (χ2v) is 9.05. The highest BCUT2D eigenvalue weighted by Gasteiger charge is 2.54. The van der Waals surface area contributed by atoms with Gasteiger partial charge in [-0.1, -0.05) is 37.1 Å². The van der Waals surface area contributed by atoms with Crippen LogP contribution in [-0.4, -0.2) is 12.1 Å². The van der Waals surface area contributed by atoms with Crippen molar-refractivity contribution in [2.45, 2.75) is 79.2 Å². The van der Waals surface area contributed by atoms with Crippen molar-refractivity contribution in [2.75, 3.05) is 0 Å². The number of hydrogen-bond acceptors (Lipinski definition) is 2. The van der Waals surface area contributed by atoms with Crippen LogP contribution in [-0.2, 0) is 9.53 Å². The first-order valence-electron chi connectivity index (χ1n) is 9.75. The van der Waals surface area contributed by atoms with Gasteiger partial charge in [0.1, 0.15) is 6.10 Å². The Morgan fingerprint density at radius 1 is 1.21 bits per heavy atom. The van der Waals surface area contributed by atoms with Crippen molar-refractivity contribution in [3.8, 4) is 0 Å². The second-order valence-electron chi connectivity index (χ2n) is 9.05. The highest BCUT2D eigenvalue weighted by molar-refractivity contribution is 5.66. The van der Waals surface area contributed by atoms with Gasteiger partial charge in [0.25, 0.3) is 0 Å². The molecule has 134 valence electrons. The molecule has 0 spiro atoms. The van der Waals surface area contributed by atoms with Crippen LogP contribution >= 0.6 is 0 Å². The Morgan fingerprint density at radius 3 is 2.54 bits per heavy atom. The number of carbonyl (C=O) groups excluding carboxylic acids is 1. The molecule has 0 aromatic carbocycles. The second kappa shape index (κ2) is 6.35. The fourth-order valence-electron chi connectivity index (χ4n) is 6.26. The Labute approximate surface area is 147 Å². The molecule has 3 aliphatic carbocycles. The summed E-state index contributed by atoms with van der Waals surface area (Å²) in [5, 5.41) is 0. The van der Waals surface area contributed by atoms with Gasteiger partial charge in [-0.25, -0.2) is 0 Å². The summed E-state index contributed by atoms with van der Waals surface area (Å²) < 4.78 is 5.72. The molecule has 2 nitrogen and oxygen atoms in total. The minimum absolute atomic E-state index is 0.0907. The molecule has 3 rings (SSSR count). The maximum Gasteiger partial charge on any atom is 0.302 e. The normalized spacial score (nSPS) is 42.1. The van der Waals surface area contributed by atoms with Gasteiger partial charge in [0.05, 0.1) is 0 Å². The SMILES string of the molecule is C=C(C)[C@@H]1CCC(C)=C2CC[C@@]3(C)CC[C@@H](OC(C)=O)[C@H](C)[C@@H]3[C@H]21. The van der Waals surface area contributed by atoms with Gasteiger partial charge < -0.3 is 4.74 Å². The monoisotopic (exact) mass is 330 g/mol. The van der Waals surface area contributed by atoms with Crippen molar-refractivity contribution in [3.63, 3.8) is 0 Å². The number of ether oxygens (including phenoxy) is 1. The Kier molecular flexibility index (Phi) is 4.70. The number of hydrogen-bond donors (Lipinski definition) is 0. The quantitative estimate of drug-likeness (QED) is 0.481. The van der Waals surface area contributed by atoms with E-state index in [0.717, 1.165) is 6.42 Å².